The summed E-state index contributed by atoms with van der Waals surface area (Å²) in [6.07, 6.45) is 1.02. The third-order valence-electron chi connectivity index (χ3n) is 3.61. The smallest absolute Gasteiger partial charge is 0.257 e. The van der Waals surface area contributed by atoms with E-state index in [0.29, 0.717) is 11.3 Å². The van der Waals surface area contributed by atoms with Crippen LogP contribution in [0.2, 0.25) is 0 Å². The van der Waals surface area contributed by atoms with E-state index in [4.69, 9.17) is 10.2 Å². The molecule has 0 radical (unpaired) electrons. The van der Waals surface area contributed by atoms with Crippen molar-refractivity contribution < 1.29 is 9.21 Å². The van der Waals surface area contributed by atoms with Gasteiger partial charge in [0.1, 0.15) is 11.5 Å². The lowest BCUT2D eigenvalue weighted by molar-refractivity contribution is 0.0635. The molecule has 0 bridgehead atoms. The lowest BCUT2D eigenvalue weighted by atomic mass is 10.2. The summed E-state index contributed by atoms with van der Waals surface area (Å²) in [7, 11) is 0. The fraction of sp³-hybridized carbons (Fsp3) is 0.643. The van der Waals surface area contributed by atoms with E-state index < -0.39 is 0 Å². The van der Waals surface area contributed by atoms with Gasteiger partial charge in [0.05, 0.1) is 5.56 Å². The Bertz CT molecular complexity index is 434. The molecule has 5 heteroatoms. The maximum atomic E-state index is 12.4. The minimum absolute atomic E-state index is 0.0906. The Kier molecular flexibility index (Phi) is 4.61. The molecule has 1 amide bonds. The number of rotatable bonds is 4. The van der Waals surface area contributed by atoms with Crippen molar-refractivity contribution in [2.45, 2.75) is 20.3 Å². The highest BCUT2D eigenvalue weighted by atomic mass is 16.3. The first-order valence-electron chi connectivity index (χ1n) is 6.90. The van der Waals surface area contributed by atoms with Crippen LogP contribution in [0.15, 0.2) is 10.5 Å². The zero-order valence-corrected chi connectivity index (χ0v) is 11.8. The van der Waals surface area contributed by atoms with Crippen molar-refractivity contribution in [1.29, 1.82) is 0 Å². The molecule has 1 aliphatic heterocycles. The summed E-state index contributed by atoms with van der Waals surface area (Å²) in [5.74, 6) is 1.60. The fourth-order valence-corrected chi connectivity index (χ4v) is 2.50. The van der Waals surface area contributed by atoms with Crippen molar-refractivity contribution in [2.75, 3.05) is 39.3 Å². The Morgan fingerprint density at radius 2 is 2.00 bits per heavy atom. The van der Waals surface area contributed by atoms with Gasteiger partial charge in [0.2, 0.25) is 0 Å². The number of hydrogen-bond acceptors (Lipinski definition) is 4. The Labute approximate surface area is 114 Å². The first kappa shape index (κ1) is 14.1. The van der Waals surface area contributed by atoms with Crippen LogP contribution in [-0.2, 0) is 0 Å². The van der Waals surface area contributed by atoms with Crippen LogP contribution in [0.25, 0.3) is 0 Å². The van der Waals surface area contributed by atoms with E-state index in [1.165, 1.54) is 0 Å². The Hall–Kier alpha value is -1.33. The van der Waals surface area contributed by atoms with Gasteiger partial charge in [0, 0.05) is 26.2 Å². The van der Waals surface area contributed by atoms with Gasteiger partial charge in [0.15, 0.2) is 0 Å². The van der Waals surface area contributed by atoms with Crippen molar-refractivity contribution in [3.05, 3.63) is 23.2 Å². The molecule has 5 nitrogen and oxygen atoms in total. The van der Waals surface area contributed by atoms with E-state index >= 15 is 0 Å². The zero-order valence-electron chi connectivity index (χ0n) is 11.8. The summed E-state index contributed by atoms with van der Waals surface area (Å²) in [4.78, 5) is 16.7. The largest absolute Gasteiger partial charge is 0.466 e. The van der Waals surface area contributed by atoms with Crippen LogP contribution in [0.1, 0.15) is 28.3 Å². The van der Waals surface area contributed by atoms with E-state index in [9.17, 15) is 4.79 Å². The predicted molar refractivity (Wildman–Crippen MR) is 74.2 cm³/mol. The summed E-state index contributed by atoms with van der Waals surface area (Å²) < 4.78 is 5.43. The minimum atomic E-state index is 0.0906. The van der Waals surface area contributed by atoms with Gasteiger partial charge in [0.25, 0.3) is 5.91 Å². The van der Waals surface area contributed by atoms with Crippen LogP contribution in [-0.4, -0.2) is 55.0 Å². The van der Waals surface area contributed by atoms with Crippen LogP contribution in [0, 0.1) is 13.8 Å². The summed E-state index contributed by atoms with van der Waals surface area (Å²) in [5.41, 5.74) is 6.22. The number of piperazine rings is 1. The summed E-state index contributed by atoms with van der Waals surface area (Å²) in [6.45, 7) is 8.91. The number of hydrogen-bond donors (Lipinski definition) is 1. The van der Waals surface area contributed by atoms with Gasteiger partial charge in [-0.15, -0.1) is 0 Å². The molecule has 0 aromatic carbocycles. The molecule has 1 saturated heterocycles. The molecule has 0 spiro atoms. The summed E-state index contributed by atoms with van der Waals surface area (Å²) >= 11 is 0. The number of nitrogens with zero attached hydrogens (tertiary/aromatic N) is 2. The predicted octanol–water partition coefficient (Wildman–Crippen LogP) is 1.00. The maximum absolute atomic E-state index is 12.4. The number of carbonyl (C=O) groups is 1. The molecule has 1 aromatic rings. The number of amides is 1. The molecular formula is C14H23N3O2. The van der Waals surface area contributed by atoms with E-state index in [1.807, 2.05) is 24.8 Å². The number of aryl methyl sites for hydroxylation is 2. The van der Waals surface area contributed by atoms with Crippen molar-refractivity contribution in [2.24, 2.45) is 5.73 Å². The van der Waals surface area contributed by atoms with Crippen molar-refractivity contribution in [1.82, 2.24) is 9.80 Å². The first-order chi connectivity index (χ1) is 9.11. The van der Waals surface area contributed by atoms with Gasteiger partial charge < -0.3 is 15.1 Å². The number of carbonyl (C=O) groups excluding carboxylic acids is 1. The zero-order chi connectivity index (χ0) is 13.8. The third kappa shape index (κ3) is 3.36. The van der Waals surface area contributed by atoms with Gasteiger partial charge in [-0.05, 0) is 39.4 Å². The average molecular weight is 265 g/mol. The standard InChI is InChI=1S/C14H23N3O2/c1-11-10-13(12(2)19-11)14(18)17-8-6-16(7-9-17)5-3-4-15/h10H,3-9,15H2,1-2H3. The van der Waals surface area contributed by atoms with E-state index in [1.54, 1.807) is 0 Å². The topological polar surface area (TPSA) is 62.7 Å². The normalized spacial score (nSPS) is 16.9. The quantitative estimate of drug-likeness (QED) is 0.882. The molecule has 1 aromatic heterocycles. The first-order valence-corrected chi connectivity index (χ1v) is 6.90. The van der Waals surface area contributed by atoms with Crippen LogP contribution in [0.3, 0.4) is 0 Å². The molecule has 0 saturated carbocycles. The molecule has 1 fully saturated rings. The highest BCUT2D eigenvalue weighted by Crippen LogP contribution is 2.17. The third-order valence-corrected chi connectivity index (χ3v) is 3.61. The van der Waals surface area contributed by atoms with Crippen LogP contribution in [0.4, 0.5) is 0 Å². The lowest BCUT2D eigenvalue weighted by Crippen LogP contribution is -2.49. The second-order valence-corrected chi connectivity index (χ2v) is 5.10. The second kappa shape index (κ2) is 6.21. The molecule has 19 heavy (non-hydrogen) atoms. The van der Waals surface area contributed by atoms with Crippen LogP contribution in [0.5, 0.6) is 0 Å². The molecular weight excluding hydrogens is 242 g/mol. The molecule has 0 unspecified atom stereocenters. The molecule has 106 valence electrons. The molecule has 2 N–H and O–H groups in total. The highest BCUT2D eigenvalue weighted by molar-refractivity contribution is 5.95. The second-order valence-electron chi connectivity index (χ2n) is 5.10. The lowest BCUT2D eigenvalue weighted by Gasteiger charge is -2.34. The Morgan fingerprint density at radius 1 is 1.32 bits per heavy atom. The van der Waals surface area contributed by atoms with Crippen LogP contribution >= 0.6 is 0 Å². The van der Waals surface area contributed by atoms with Gasteiger partial charge >= 0.3 is 0 Å². The van der Waals surface area contributed by atoms with Gasteiger partial charge in [-0.25, -0.2) is 0 Å². The van der Waals surface area contributed by atoms with Gasteiger partial charge in [-0.3, -0.25) is 9.69 Å². The Balaban J connectivity index is 1.91. The Morgan fingerprint density at radius 3 is 2.53 bits per heavy atom. The molecule has 0 atom stereocenters. The highest BCUT2D eigenvalue weighted by Gasteiger charge is 2.24. The van der Waals surface area contributed by atoms with Gasteiger partial charge in [-0.1, -0.05) is 0 Å². The molecule has 2 rings (SSSR count). The number of furan rings is 1. The monoisotopic (exact) mass is 265 g/mol. The van der Waals surface area contributed by atoms with Crippen molar-refractivity contribution in [3.63, 3.8) is 0 Å². The summed E-state index contributed by atoms with van der Waals surface area (Å²) in [5, 5.41) is 0. The van der Waals surface area contributed by atoms with Gasteiger partial charge in [-0.2, -0.15) is 0 Å². The fourth-order valence-electron chi connectivity index (χ4n) is 2.50. The van der Waals surface area contributed by atoms with Crippen molar-refractivity contribution >= 4 is 5.91 Å². The molecule has 1 aliphatic rings. The minimum Gasteiger partial charge on any atom is -0.466 e. The van der Waals surface area contributed by atoms with E-state index in [-0.39, 0.29) is 5.91 Å². The van der Waals surface area contributed by atoms with E-state index in [0.717, 1.165) is 51.4 Å². The molecule has 0 aliphatic carbocycles. The van der Waals surface area contributed by atoms with E-state index in [2.05, 4.69) is 4.90 Å². The average Bonchev–Trinajstić information content (AvgIpc) is 2.75. The summed E-state index contributed by atoms with van der Waals surface area (Å²) in [6, 6.07) is 1.83. The van der Waals surface area contributed by atoms with Crippen LogP contribution < -0.4 is 5.73 Å². The number of nitrogens with two attached hydrogens (primary N) is 1. The molecule has 2 heterocycles. The maximum Gasteiger partial charge on any atom is 0.257 e. The van der Waals surface area contributed by atoms with Crippen molar-refractivity contribution in [3.8, 4) is 0 Å². The SMILES string of the molecule is Cc1cc(C(=O)N2CCN(CCCN)CC2)c(C)o1.